The lowest BCUT2D eigenvalue weighted by molar-refractivity contribution is -0.134. The number of halogens is 1. The molecule has 4 rings (SSSR count). The molecule has 0 radical (unpaired) electrons. The zero-order valence-electron chi connectivity index (χ0n) is 17.1. The zero-order valence-corrected chi connectivity index (χ0v) is 17.8. The molecule has 3 aliphatic rings. The average molecular weight is 405 g/mol. The van der Waals surface area contributed by atoms with Gasteiger partial charge >= 0.3 is 0 Å². The summed E-state index contributed by atoms with van der Waals surface area (Å²) < 4.78 is 0. The highest BCUT2D eigenvalue weighted by Crippen LogP contribution is 2.25. The van der Waals surface area contributed by atoms with Crippen LogP contribution in [0.1, 0.15) is 31.2 Å². The van der Waals surface area contributed by atoms with Gasteiger partial charge in [-0.2, -0.15) is 0 Å². The van der Waals surface area contributed by atoms with Crippen molar-refractivity contribution < 1.29 is 4.79 Å². The SMILES string of the molecule is Cc1cc(N2CCN(CC(=O)N3CCN(C4CCCC4)CC3)CC2)ccc1Cl. The Labute approximate surface area is 174 Å². The number of amides is 1. The molecule has 1 amide bonds. The smallest absolute Gasteiger partial charge is 0.236 e. The van der Waals surface area contributed by atoms with Gasteiger partial charge in [0.25, 0.3) is 0 Å². The number of aryl methyl sites for hydroxylation is 1. The standard InChI is InChI=1S/C22H33ClN4O/c1-18-16-20(6-7-21(18)23)26-10-8-24(9-11-26)17-22(28)27-14-12-25(13-15-27)19-4-2-3-5-19/h6-7,16,19H,2-5,8-15,17H2,1H3. The molecule has 154 valence electrons. The third-order valence-electron chi connectivity index (χ3n) is 6.75. The molecule has 1 aliphatic carbocycles. The Morgan fingerprint density at radius 3 is 2.32 bits per heavy atom. The van der Waals surface area contributed by atoms with E-state index in [0.717, 1.165) is 69.0 Å². The Morgan fingerprint density at radius 1 is 1.00 bits per heavy atom. The van der Waals surface area contributed by atoms with Crippen molar-refractivity contribution in [3.63, 3.8) is 0 Å². The van der Waals surface area contributed by atoms with Crippen molar-refractivity contribution in [3.05, 3.63) is 28.8 Å². The van der Waals surface area contributed by atoms with Crippen LogP contribution in [0.25, 0.3) is 0 Å². The van der Waals surface area contributed by atoms with Gasteiger partial charge in [0.1, 0.15) is 0 Å². The monoisotopic (exact) mass is 404 g/mol. The average Bonchev–Trinajstić information content (AvgIpc) is 3.26. The van der Waals surface area contributed by atoms with Gasteiger partial charge in [-0.15, -0.1) is 0 Å². The lowest BCUT2D eigenvalue weighted by atomic mass is 10.1. The molecule has 0 unspecified atom stereocenters. The van der Waals surface area contributed by atoms with Crippen LogP contribution in [0, 0.1) is 6.92 Å². The molecule has 2 saturated heterocycles. The Hall–Kier alpha value is -1.30. The molecule has 2 heterocycles. The number of hydrogen-bond donors (Lipinski definition) is 0. The van der Waals surface area contributed by atoms with Gasteiger partial charge in [0.2, 0.25) is 5.91 Å². The molecule has 2 aliphatic heterocycles. The van der Waals surface area contributed by atoms with Gasteiger partial charge in [-0.1, -0.05) is 24.4 Å². The van der Waals surface area contributed by atoms with Crippen LogP contribution in [0.5, 0.6) is 0 Å². The molecule has 28 heavy (non-hydrogen) atoms. The number of anilines is 1. The van der Waals surface area contributed by atoms with Crippen molar-refractivity contribution in [2.45, 2.75) is 38.6 Å². The molecule has 6 heteroatoms. The molecule has 1 saturated carbocycles. The van der Waals surface area contributed by atoms with E-state index in [1.165, 1.54) is 31.4 Å². The zero-order chi connectivity index (χ0) is 19.5. The van der Waals surface area contributed by atoms with Gasteiger partial charge in [0, 0.05) is 69.1 Å². The molecule has 0 N–H and O–H groups in total. The van der Waals surface area contributed by atoms with E-state index in [1.807, 2.05) is 13.0 Å². The predicted octanol–water partition coefficient (Wildman–Crippen LogP) is 2.86. The van der Waals surface area contributed by atoms with Gasteiger partial charge in [0.15, 0.2) is 0 Å². The number of rotatable bonds is 4. The van der Waals surface area contributed by atoms with Gasteiger partial charge in [-0.05, 0) is 43.5 Å². The van der Waals surface area contributed by atoms with Gasteiger partial charge < -0.3 is 9.80 Å². The van der Waals surface area contributed by atoms with Crippen molar-refractivity contribution in [1.29, 1.82) is 0 Å². The van der Waals surface area contributed by atoms with Crippen LogP contribution < -0.4 is 4.90 Å². The minimum atomic E-state index is 0.307. The molecule has 0 atom stereocenters. The first-order valence-corrected chi connectivity index (χ1v) is 11.2. The first-order valence-electron chi connectivity index (χ1n) is 10.9. The predicted molar refractivity (Wildman–Crippen MR) is 115 cm³/mol. The molecule has 3 fully saturated rings. The maximum atomic E-state index is 12.8. The van der Waals surface area contributed by atoms with Crippen LogP contribution in [0.3, 0.4) is 0 Å². The number of nitrogens with zero attached hydrogens (tertiary/aromatic N) is 4. The van der Waals surface area contributed by atoms with Crippen molar-refractivity contribution >= 4 is 23.2 Å². The molecular weight excluding hydrogens is 372 g/mol. The quantitative estimate of drug-likeness (QED) is 0.771. The number of piperazine rings is 2. The fourth-order valence-corrected chi connectivity index (χ4v) is 5.00. The maximum absolute atomic E-state index is 12.8. The number of carbonyl (C=O) groups excluding carboxylic acids is 1. The summed E-state index contributed by atoms with van der Waals surface area (Å²) in [6.07, 6.45) is 5.47. The second-order valence-corrected chi connectivity index (χ2v) is 8.96. The van der Waals surface area contributed by atoms with E-state index in [9.17, 15) is 4.79 Å². The summed E-state index contributed by atoms with van der Waals surface area (Å²) in [5.41, 5.74) is 2.35. The highest BCUT2D eigenvalue weighted by Gasteiger charge is 2.29. The molecule has 5 nitrogen and oxygen atoms in total. The second-order valence-electron chi connectivity index (χ2n) is 8.55. The maximum Gasteiger partial charge on any atom is 0.236 e. The lowest BCUT2D eigenvalue weighted by Crippen LogP contribution is -2.55. The number of carbonyl (C=O) groups is 1. The summed E-state index contributed by atoms with van der Waals surface area (Å²) in [5, 5.41) is 0.820. The molecular formula is C22H33ClN4O. The third kappa shape index (κ3) is 4.64. The molecule has 0 aromatic heterocycles. The van der Waals surface area contributed by atoms with Crippen LogP contribution in [-0.2, 0) is 4.79 Å². The fraction of sp³-hybridized carbons (Fsp3) is 0.682. The van der Waals surface area contributed by atoms with Crippen LogP contribution in [0.4, 0.5) is 5.69 Å². The lowest BCUT2D eigenvalue weighted by Gasteiger charge is -2.40. The minimum Gasteiger partial charge on any atom is -0.369 e. The van der Waals surface area contributed by atoms with Crippen molar-refractivity contribution in [2.75, 3.05) is 63.8 Å². The normalized spacial score (nSPS) is 22.8. The summed E-state index contributed by atoms with van der Waals surface area (Å²) in [5.74, 6) is 0.307. The molecule has 0 bridgehead atoms. The first-order chi connectivity index (χ1) is 13.6. The van der Waals surface area contributed by atoms with Crippen molar-refractivity contribution in [1.82, 2.24) is 14.7 Å². The Bertz CT molecular complexity index is 675. The fourth-order valence-electron chi connectivity index (χ4n) is 4.89. The highest BCUT2D eigenvalue weighted by atomic mass is 35.5. The van der Waals surface area contributed by atoms with E-state index in [4.69, 9.17) is 11.6 Å². The summed E-state index contributed by atoms with van der Waals surface area (Å²) in [4.78, 5) is 22.2. The summed E-state index contributed by atoms with van der Waals surface area (Å²) in [7, 11) is 0. The van der Waals surface area contributed by atoms with Crippen LogP contribution in [0.15, 0.2) is 18.2 Å². The van der Waals surface area contributed by atoms with E-state index >= 15 is 0 Å². The van der Waals surface area contributed by atoms with Gasteiger partial charge in [0.05, 0.1) is 6.54 Å². The number of benzene rings is 1. The second kappa shape index (κ2) is 9.02. The summed E-state index contributed by atoms with van der Waals surface area (Å²) >= 11 is 6.15. The largest absolute Gasteiger partial charge is 0.369 e. The molecule has 1 aromatic rings. The van der Waals surface area contributed by atoms with E-state index < -0.39 is 0 Å². The molecule has 0 spiro atoms. The molecule has 1 aromatic carbocycles. The van der Waals surface area contributed by atoms with E-state index in [2.05, 4.69) is 31.7 Å². The van der Waals surface area contributed by atoms with Crippen molar-refractivity contribution in [3.8, 4) is 0 Å². The Kier molecular flexibility index (Phi) is 6.44. The van der Waals surface area contributed by atoms with Gasteiger partial charge in [-0.3, -0.25) is 14.6 Å². The summed E-state index contributed by atoms with van der Waals surface area (Å²) in [6.45, 7) is 10.3. The van der Waals surface area contributed by atoms with E-state index in [1.54, 1.807) is 0 Å². The third-order valence-corrected chi connectivity index (χ3v) is 7.17. The minimum absolute atomic E-state index is 0.307. The highest BCUT2D eigenvalue weighted by molar-refractivity contribution is 6.31. The van der Waals surface area contributed by atoms with Crippen LogP contribution in [0.2, 0.25) is 5.02 Å². The Morgan fingerprint density at radius 2 is 1.68 bits per heavy atom. The van der Waals surface area contributed by atoms with Crippen LogP contribution >= 0.6 is 11.6 Å². The van der Waals surface area contributed by atoms with Crippen LogP contribution in [-0.4, -0.2) is 85.6 Å². The van der Waals surface area contributed by atoms with E-state index in [0.29, 0.717) is 12.5 Å². The van der Waals surface area contributed by atoms with E-state index in [-0.39, 0.29) is 0 Å². The summed E-state index contributed by atoms with van der Waals surface area (Å²) in [6, 6.07) is 7.02. The topological polar surface area (TPSA) is 30.0 Å². The first kappa shape index (κ1) is 20.0. The Balaban J connectivity index is 1.21. The number of hydrogen-bond acceptors (Lipinski definition) is 4. The van der Waals surface area contributed by atoms with Gasteiger partial charge in [-0.25, -0.2) is 0 Å². The van der Waals surface area contributed by atoms with Crippen molar-refractivity contribution in [2.24, 2.45) is 0 Å².